The Morgan fingerprint density at radius 1 is 1.13 bits per heavy atom. The number of hydrogen-bond acceptors (Lipinski definition) is 6. The zero-order chi connectivity index (χ0) is 22.2. The van der Waals surface area contributed by atoms with E-state index in [1.165, 1.54) is 24.4 Å². The minimum Gasteiger partial charge on any atom is -0.434 e. The number of rotatable bonds is 5. The molecule has 0 atom stereocenters. The monoisotopic (exact) mass is 441 g/mol. The highest BCUT2D eigenvalue weighted by molar-refractivity contribution is 7.92. The Bertz CT molecular complexity index is 1450. The van der Waals surface area contributed by atoms with Gasteiger partial charge in [0.25, 0.3) is 15.6 Å². The molecule has 2 aromatic carbocycles. The van der Waals surface area contributed by atoms with Crippen LogP contribution in [0.15, 0.2) is 58.4 Å². The molecule has 160 valence electrons. The average molecular weight is 441 g/mol. The van der Waals surface area contributed by atoms with Crippen LogP contribution in [0.25, 0.3) is 21.8 Å². The van der Waals surface area contributed by atoms with Gasteiger partial charge in [0.05, 0.1) is 16.9 Å². The molecule has 2 aromatic heterocycles. The van der Waals surface area contributed by atoms with Crippen LogP contribution in [0.3, 0.4) is 0 Å². The SMILES string of the molecule is CCOC(=O)Oc1c[nH]c2c(=O)[nH]c3ccc(NS(=O)(=O)c4ccc(C)cc4)cc3c12. The largest absolute Gasteiger partial charge is 0.513 e. The Morgan fingerprint density at radius 2 is 1.87 bits per heavy atom. The van der Waals surface area contributed by atoms with Crippen LogP contribution in [-0.2, 0) is 14.8 Å². The molecule has 31 heavy (non-hydrogen) atoms. The van der Waals surface area contributed by atoms with Gasteiger partial charge >= 0.3 is 6.16 Å². The van der Waals surface area contributed by atoms with E-state index in [-0.39, 0.29) is 28.5 Å². The molecule has 3 N–H and O–H groups in total. The minimum absolute atomic E-state index is 0.100. The molecular weight excluding hydrogens is 422 g/mol. The van der Waals surface area contributed by atoms with Gasteiger partial charge in [-0.2, -0.15) is 0 Å². The lowest BCUT2D eigenvalue weighted by Crippen LogP contribution is -2.13. The number of aromatic nitrogens is 2. The first-order valence-corrected chi connectivity index (χ1v) is 10.9. The lowest BCUT2D eigenvalue weighted by Gasteiger charge is -2.10. The van der Waals surface area contributed by atoms with Crippen LogP contribution in [-0.4, -0.2) is 31.1 Å². The number of pyridine rings is 1. The number of ether oxygens (including phenoxy) is 2. The Kier molecular flexibility index (Phi) is 5.15. The van der Waals surface area contributed by atoms with Crippen molar-refractivity contribution in [3.63, 3.8) is 0 Å². The summed E-state index contributed by atoms with van der Waals surface area (Å²) in [5.41, 5.74) is 1.45. The van der Waals surface area contributed by atoms with Crippen molar-refractivity contribution in [1.29, 1.82) is 0 Å². The number of H-pyrrole nitrogens is 2. The summed E-state index contributed by atoms with van der Waals surface area (Å²) in [5, 5.41) is 0.822. The van der Waals surface area contributed by atoms with Crippen molar-refractivity contribution in [2.45, 2.75) is 18.7 Å². The number of carbonyl (C=O) groups excluding carboxylic acids is 1. The highest BCUT2D eigenvalue weighted by Crippen LogP contribution is 2.32. The molecule has 0 aliphatic carbocycles. The molecule has 0 saturated heterocycles. The fraction of sp³-hybridized carbons (Fsp3) is 0.143. The maximum Gasteiger partial charge on any atom is 0.513 e. The topological polar surface area (TPSA) is 130 Å². The van der Waals surface area contributed by atoms with Gasteiger partial charge in [-0.1, -0.05) is 17.7 Å². The molecule has 0 unspecified atom stereocenters. The van der Waals surface area contributed by atoms with E-state index in [1.54, 1.807) is 31.2 Å². The lowest BCUT2D eigenvalue weighted by atomic mass is 10.1. The van der Waals surface area contributed by atoms with E-state index in [1.807, 2.05) is 6.92 Å². The Hall–Kier alpha value is -3.79. The number of aromatic amines is 2. The summed E-state index contributed by atoms with van der Waals surface area (Å²) in [6.45, 7) is 3.64. The third-order valence-electron chi connectivity index (χ3n) is 4.65. The second-order valence-corrected chi connectivity index (χ2v) is 8.50. The number of hydrogen-bond donors (Lipinski definition) is 3. The van der Waals surface area contributed by atoms with Gasteiger partial charge in [-0.05, 0) is 44.2 Å². The molecule has 0 radical (unpaired) electrons. The Balaban J connectivity index is 1.80. The van der Waals surface area contributed by atoms with E-state index in [0.29, 0.717) is 16.3 Å². The van der Waals surface area contributed by atoms with Crippen molar-refractivity contribution >= 4 is 43.7 Å². The number of aryl methyl sites for hydroxylation is 1. The summed E-state index contributed by atoms with van der Waals surface area (Å²) in [6.07, 6.45) is 0.465. The Morgan fingerprint density at radius 3 is 2.58 bits per heavy atom. The zero-order valence-corrected chi connectivity index (χ0v) is 17.5. The van der Waals surface area contributed by atoms with E-state index in [4.69, 9.17) is 9.47 Å². The summed E-state index contributed by atoms with van der Waals surface area (Å²) < 4.78 is 38.0. The lowest BCUT2D eigenvalue weighted by molar-refractivity contribution is 0.105. The van der Waals surface area contributed by atoms with Gasteiger partial charge < -0.3 is 19.4 Å². The van der Waals surface area contributed by atoms with Crippen LogP contribution in [0.5, 0.6) is 5.75 Å². The second-order valence-electron chi connectivity index (χ2n) is 6.82. The van der Waals surface area contributed by atoms with E-state index < -0.39 is 21.7 Å². The summed E-state index contributed by atoms with van der Waals surface area (Å²) in [6, 6.07) is 11.1. The third-order valence-corrected chi connectivity index (χ3v) is 6.04. The number of sulfonamides is 1. The summed E-state index contributed by atoms with van der Waals surface area (Å²) in [7, 11) is -3.82. The van der Waals surface area contributed by atoms with Gasteiger partial charge in [-0.15, -0.1) is 0 Å². The fourth-order valence-electron chi connectivity index (χ4n) is 3.21. The maximum absolute atomic E-state index is 12.7. The number of carbonyl (C=O) groups is 1. The van der Waals surface area contributed by atoms with Crippen LogP contribution >= 0.6 is 0 Å². The molecule has 10 heteroatoms. The van der Waals surface area contributed by atoms with Gasteiger partial charge in [0.2, 0.25) is 0 Å². The van der Waals surface area contributed by atoms with Gasteiger partial charge in [-0.25, -0.2) is 13.2 Å². The summed E-state index contributed by atoms with van der Waals surface area (Å²) in [4.78, 5) is 29.8. The smallest absolute Gasteiger partial charge is 0.434 e. The van der Waals surface area contributed by atoms with Crippen molar-refractivity contribution in [3.8, 4) is 5.75 Å². The molecular formula is C21H19N3O6S. The zero-order valence-electron chi connectivity index (χ0n) is 16.7. The molecule has 4 rings (SSSR count). The number of anilines is 1. The van der Waals surface area contributed by atoms with Crippen molar-refractivity contribution in [2.75, 3.05) is 11.3 Å². The molecule has 0 amide bonds. The first kappa shape index (κ1) is 20.5. The van der Waals surface area contributed by atoms with Crippen LogP contribution in [0.4, 0.5) is 10.5 Å². The summed E-state index contributed by atoms with van der Waals surface area (Å²) in [5.74, 6) is 0.100. The first-order chi connectivity index (χ1) is 14.8. The van der Waals surface area contributed by atoms with Crippen LogP contribution in [0.1, 0.15) is 12.5 Å². The second kappa shape index (κ2) is 7.80. The molecule has 4 aromatic rings. The average Bonchev–Trinajstić information content (AvgIpc) is 3.13. The van der Waals surface area contributed by atoms with Gasteiger partial charge in [0.1, 0.15) is 5.52 Å². The molecule has 0 spiro atoms. The predicted octanol–water partition coefficient (Wildman–Crippen LogP) is 3.65. The molecule has 0 aliphatic heterocycles. The van der Waals surface area contributed by atoms with Crippen molar-refractivity contribution in [2.24, 2.45) is 0 Å². The fourth-order valence-corrected chi connectivity index (χ4v) is 4.26. The molecule has 0 saturated carbocycles. The quantitative estimate of drug-likeness (QED) is 0.405. The van der Waals surface area contributed by atoms with E-state index in [9.17, 15) is 18.0 Å². The van der Waals surface area contributed by atoms with Gasteiger partial charge in [-0.3, -0.25) is 9.52 Å². The molecule has 0 fully saturated rings. The summed E-state index contributed by atoms with van der Waals surface area (Å²) >= 11 is 0. The minimum atomic E-state index is -3.82. The standard InChI is InChI=1S/C21H19N3O6S/c1-3-29-21(26)30-17-11-22-19-18(17)15-10-13(6-9-16(15)23-20(19)25)24-31(27,28)14-7-4-12(2)5-8-14/h4-11,22,24H,3H2,1-2H3,(H,23,25). The molecule has 2 heterocycles. The van der Waals surface area contributed by atoms with Crippen LogP contribution in [0.2, 0.25) is 0 Å². The highest BCUT2D eigenvalue weighted by Gasteiger charge is 2.18. The van der Waals surface area contributed by atoms with Crippen molar-refractivity contribution in [3.05, 3.63) is 64.6 Å². The first-order valence-electron chi connectivity index (χ1n) is 9.39. The highest BCUT2D eigenvalue weighted by atomic mass is 32.2. The Labute approximate surface area is 177 Å². The maximum atomic E-state index is 12.7. The number of benzene rings is 2. The molecule has 0 aliphatic rings. The number of nitrogens with one attached hydrogen (secondary N) is 3. The molecule has 0 bridgehead atoms. The number of fused-ring (bicyclic) bond motifs is 3. The van der Waals surface area contributed by atoms with E-state index in [0.717, 1.165) is 5.56 Å². The predicted molar refractivity (Wildman–Crippen MR) is 116 cm³/mol. The third kappa shape index (κ3) is 3.97. The normalized spacial score (nSPS) is 11.5. The van der Waals surface area contributed by atoms with Crippen molar-refractivity contribution in [1.82, 2.24) is 9.97 Å². The van der Waals surface area contributed by atoms with Gasteiger partial charge in [0.15, 0.2) is 5.75 Å². The van der Waals surface area contributed by atoms with E-state index >= 15 is 0 Å². The van der Waals surface area contributed by atoms with E-state index in [2.05, 4.69) is 14.7 Å². The molecule has 9 nitrogen and oxygen atoms in total. The van der Waals surface area contributed by atoms with Crippen molar-refractivity contribution < 1.29 is 22.7 Å². The van der Waals surface area contributed by atoms with Gasteiger partial charge in [0, 0.05) is 22.8 Å². The van der Waals surface area contributed by atoms with Crippen LogP contribution in [0, 0.1) is 6.92 Å². The van der Waals surface area contributed by atoms with Crippen LogP contribution < -0.4 is 15.0 Å².